The minimum absolute atomic E-state index is 0.357. The average molecular weight is 364 g/mol. The van der Waals surface area contributed by atoms with Crippen LogP contribution in [0.3, 0.4) is 0 Å². The van der Waals surface area contributed by atoms with Gasteiger partial charge < -0.3 is 4.57 Å². The van der Waals surface area contributed by atoms with Gasteiger partial charge in [0.05, 0.1) is 28.0 Å². The van der Waals surface area contributed by atoms with Crippen LogP contribution in [0.25, 0.3) is 21.7 Å². The molecule has 0 bridgehead atoms. The van der Waals surface area contributed by atoms with E-state index in [0.29, 0.717) is 12.5 Å². The Bertz CT molecular complexity index is 1080. The maximum absolute atomic E-state index is 4.69. The Kier molecular flexibility index (Phi) is 4.24. The first kappa shape index (κ1) is 16.8. The number of nitrogens with zero attached hydrogens (tertiary/aromatic N) is 6. The lowest BCUT2D eigenvalue weighted by atomic mass is 10.2. The molecule has 4 aromatic heterocycles. The Morgan fingerprint density at radius 3 is 2.65 bits per heavy atom. The maximum Gasteiger partial charge on any atom is 0.171 e. The minimum Gasteiger partial charge on any atom is -0.326 e. The fraction of sp³-hybridized carbons (Fsp3) is 0.316. The van der Waals surface area contributed by atoms with Gasteiger partial charge in [-0.25, -0.2) is 15.0 Å². The normalized spacial score (nSPS) is 11.6. The zero-order valence-electron chi connectivity index (χ0n) is 15.3. The first-order valence-corrected chi connectivity index (χ1v) is 9.37. The standard InChI is InChI=1S/C19H20N6S/c1-11(2)25-13(4)22-16-10-21-15(9-17(16)25)8-14-5-6-20-19(23-14)18-7-12(3)24-26-18/h5-7,9-11H,8H2,1-4H3. The fourth-order valence-electron chi connectivity index (χ4n) is 3.18. The third-order valence-electron chi connectivity index (χ3n) is 4.25. The van der Waals surface area contributed by atoms with Crippen molar-refractivity contribution < 1.29 is 0 Å². The molecule has 0 aliphatic heterocycles. The van der Waals surface area contributed by atoms with Gasteiger partial charge in [-0.3, -0.25) is 4.98 Å². The van der Waals surface area contributed by atoms with Gasteiger partial charge in [-0.1, -0.05) is 0 Å². The van der Waals surface area contributed by atoms with Crippen molar-refractivity contribution in [3.63, 3.8) is 0 Å². The summed E-state index contributed by atoms with van der Waals surface area (Å²) in [6, 6.07) is 6.43. The SMILES string of the molecule is Cc1cc(-c2nccc(Cc3cc4c(cn3)nc(C)n4C(C)C)n2)sn1. The Morgan fingerprint density at radius 2 is 1.92 bits per heavy atom. The molecule has 0 aromatic carbocycles. The molecule has 0 amide bonds. The summed E-state index contributed by atoms with van der Waals surface area (Å²) in [6.07, 6.45) is 4.31. The van der Waals surface area contributed by atoms with Gasteiger partial charge in [0.15, 0.2) is 5.82 Å². The van der Waals surface area contributed by atoms with Crippen molar-refractivity contribution >= 4 is 22.6 Å². The molecule has 0 spiro atoms. The first-order valence-electron chi connectivity index (χ1n) is 8.60. The predicted molar refractivity (Wildman–Crippen MR) is 103 cm³/mol. The molecule has 7 heteroatoms. The average Bonchev–Trinajstić information content (AvgIpc) is 3.17. The van der Waals surface area contributed by atoms with Crippen LogP contribution in [0.2, 0.25) is 0 Å². The van der Waals surface area contributed by atoms with E-state index in [1.54, 1.807) is 6.20 Å². The number of rotatable bonds is 4. The van der Waals surface area contributed by atoms with Crippen molar-refractivity contribution in [2.24, 2.45) is 0 Å². The van der Waals surface area contributed by atoms with E-state index in [-0.39, 0.29) is 0 Å². The highest BCUT2D eigenvalue weighted by Crippen LogP contribution is 2.23. The highest BCUT2D eigenvalue weighted by atomic mass is 32.1. The number of aromatic nitrogens is 6. The number of fused-ring (bicyclic) bond motifs is 1. The van der Waals surface area contributed by atoms with Gasteiger partial charge in [-0.15, -0.1) is 0 Å². The molecule has 26 heavy (non-hydrogen) atoms. The van der Waals surface area contributed by atoms with Crippen LogP contribution in [0.15, 0.2) is 30.6 Å². The van der Waals surface area contributed by atoms with Crippen LogP contribution in [0, 0.1) is 13.8 Å². The quantitative estimate of drug-likeness (QED) is 0.544. The smallest absolute Gasteiger partial charge is 0.171 e. The number of pyridine rings is 1. The second-order valence-electron chi connectivity index (χ2n) is 6.67. The molecular formula is C19H20N6S. The van der Waals surface area contributed by atoms with E-state index in [1.807, 2.05) is 32.2 Å². The van der Waals surface area contributed by atoms with E-state index in [4.69, 9.17) is 4.98 Å². The third kappa shape index (κ3) is 3.10. The van der Waals surface area contributed by atoms with Gasteiger partial charge in [-0.2, -0.15) is 4.37 Å². The summed E-state index contributed by atoms with van der Waals surface area (Å²) in [5.41, 5.74) is 4.96. The molecule has 0 saturated heterocycles. The summed E-state index contributed by atoms with van der Waals surface area (Å²) in [4.78, 5) is 19.2. The van der Waals surface area contributed by atoms with Crippen LogP contribution < -0.4 is 0 Å². The van der Waals surface area contributed by atoms with Gasteiger partial charge in [0.25, 0.3) is 0 Å². The Labute approximate surface area is 156 Å². The molecule has 0 N–H and O–H groups in total. The van der Waals surface area contributed by atoms with Gasteiger partial charge in [0.1, 0.15) is 11.3 Å². The molecule has 0 aliphatic carbocycles. The van der Waals surface area contributed by atoms with Crippen LogP contribution in [0.5, 0.6) is 0 Å². The lowest BCUT2D eigenvalue weighted by molar-refractivity contribution is 0.600. The lowest BCUT2D eigenvalue weighted by Gasteiger charge is -2.11. The van der Waals surface area contributed by atoms with E-state index in [2.05, 4.69) is 43.8 Å². The van der Waals surface area contributed by atoms with Gasteiger partial charge in [-0.05, 0) is 57.4 Å². The molecule has 0 unspecified atom stereocenters. The van der Waals surface area contributed by atoms with Gasteiger partial charge in [0.2, 0.25) is 0 Å². The number of imidazole rings is 1. The van der Waals surface area contributed by atoms with E-state index in [1.165, 1.54) is 11.5 Å². The molecule has 132 valence electrons. The zero-order valence-corrected chi connectivity index (χ0v) is 16.1. The molecule has 4 rings (SSSR count). The van der Waals surface area contributed by atoms with Crippen molar-refractivity contribution in [2.75, 3.05) is 0 Å². The summed E-state index contributed by atoms with van der Waals surface area (Å²) < 4.78 is 6.55. The van der Waals surface area contributed by atoms with E-state index in [0.717, 1.165) is 44.6 Å². The second kappa shape index (κ2) is 6.57. The molecule has 0 aliphatic rings. The number of hydrogen-bond donors (Lipinski definition) is 0. The van der Waals surface area contributed by atoms with Crippen molar-refractivity contribution in [3.05, 3.63) is 53.5 Å². The monoisotopic (exact) mass is 364 g/mol. The summed E-state index contributed by atoms with van der Waals surface area (Å²) >= 11 is 1.43. The van der Waals surface area contributed by atoms with E-state index in [9.17, 15) is 0 Å². The summed E-state index contributed by atoms with van der Waals surface area (Å²) in [5, 5.41) is 0. The summed E-state index contributed by atoms with van der Waals surface area (Å²) in [7, 11) is 0. The minimum atomic E-state index is 0.357. The molecule has 0 atom stereocenters. The zero-order chi connectivity index (χ0) is 18.3. The van der Waals surface area contributed by atoms with Crippen LogP contribution in [0.4, 0.5) is 0 Å². The Morgan fingerprint density at radius 1 is 1.08 bits per heavy atom. The molecule has 4 heterocycles. The molecule has 0 fully saturated rings. The van der Waals surface area contributed by atoms with Crippen molar-refractivity contribution in [1.29, 1.82) is 0 Å². The largest absolute Gasteiger partial charge is 0.326 e. The van der Waals surface area contributed by atoms with Crippen LogP contribution in [-0.2, 0) is 6.42 Å². The van der Waals surface area contributed by atoms with Crippen LogP contribution in [0.1, 0.15) is 42.8 Å². The maximum atomic E-state index is 4.69. The van der Waals surface area contributed by atoms with Gasteiger partial charge >= 0.3 is 0 Å². The molecular weight excluding hydrogens is 344 g/mol. The fourth-order valence-corrected chi connectivity index (χ4v) is 3.88. The van der Waals surface area contributed by atoms with E-state index < -0.39 is 0 Å². The van der Waals surface area contributed by atoms with Crippen molar-refractivity contribution in [3.8, 4) is 10.7 Å². The van der Waals surface area contributed by atoms with Crippen LogP contribution in [-0.4, -0.2) is 28.9 Å². The summed E-state index contributed by atoms with van der Waals surface area (Å²) in [6.45, 7) is 8.35. The Hall–Kier alpha value is -2.67. The summed E-state index contributed by atoms with van der Waals surface area (Å²) in [5.74, 6) is 1.73. The first-order chi connectivity index (χ1) is 12.5. The van der Waals surface area contributed by atoms with Crippen LogP contribution >= 0.6 is 11.5 Å². The number of aryl methyl sites for hydroxylation is 2. The third-order valence-corrected chi connectivity index (χ3v) is 5.13. The molecule has 0 saturated carbocycles. The topological polar surface area (TPSA) is 69.4 Å². The predicted octanol–water partition coefficient (Wildman–Crippen LogP) is 4.13. The highest BCUT2D eigenvalue weighted by Gasteiger charge is 2.12. The van der Waals surface area contributed by atoms with Crippen molar-refractivity contribution in [1.82, 2.24) is 28.9 Å². The van der Waals surface area contributed by atoms with E-state index >= 15 is 0 Å². The number of hydrogen-bond acceptors (Lipinski definition) is 6. The molecule has 6 nitrogen and oxygen atoms in total. The van der Waals surface area contributed by atoms with Gasteiger partial charge in [0, 0.05) is 24.4 Å². The highest BCUT2D eigenvalue weighted by molar-refractivity contribution is 7.09. The molecule has 0 radical (unpaired) electrons. The molecule has 4 aromatic rings. The lowest BCUT2D eigenvalue weighted by Crippen LogP contribution is -2.03. The second-order valence-corrected chi connectivity index (χ2v) is 7.47. The van der Waals surface area contributed by atoms with Crippen molar-refractivity contribution in [2.45, 2.75) is 40.2 Å². The Balaban J connectivity index is 1.68.